The van der Waals surface area contributed by atoms with E-state index in [1.54, 1.807) is 67.8 Å². The summed E-state index contributed by atoms with van der Waals surface area (Å²) in [6, 6.07) is 19.0. The summed E-state index contributed by atoms with van der Waals surface area (Å²) in [6.45, 7) is 0. The molecule has 0 bridgehead atoms. The van der Waals surface area contributed by atoms with Crippen LogP contribution < -0.4 is 15.4 Å². The lowest BCUT2D eigenvalue weighted by molar-refractivity contribution is -0.113. The fraction of sp³-hybridized carbons (Fsp3) is 0.0909. The lowest BCUT2D eigenvalue weighted by atomic mass is 10.2. The number of hydrogen-bond donors (Lipinski definition) is 2. The van der Waals surface area contributed by atoms with Gasteiger partial charge < -0.3 is 15.4 Å². The average Bonchev–Trinajstić information content (AvgIpc) is 2.74. The molecule has 0 radical (unpaired) electrons. The predicted octanol–water partition coefficient (Wildman–Crippen LogP) is 5.99. The van der Waals surface area contributed by atoms with Gasteiger partial charge in [0.05, 0.1) is 29.1 Å². The van der Waals surface area contributed by atoms with E-state index in [1.807, 2.05) is 6.07 Å². The van der Waals surface area contributed by atoms with Gasteiger partial charge in [-0.05, 0) is 42.5 Å². The minimum atomic E-state index is -0.324. The lowest BCUT2D eigenvalue weighted by Gasteiger charge is -2.11. The Morgan fingerprint density at radius 1 is 0.967 bits per heavy atom. The number of benzene rings is 3. The van der Waals surface area contributed by atoms with E-state index in [0.717, 1.165) is 0 Å². The van der Waals surface area contributed by atoms with Crippen molar-refractivity contribution in [1.82, 2.24) is 0 Å². The quantitative estimate of drug-likeness (QED) is 0.425. The van der Waals surface area contributed by atoms with Crippen molar-refractivity contribution >= 4 is 58.2 Å². The molecule has 154 valence electrons. The fourth-order valence-electron chi connectivity index (χ4n) is 2.60. The second kappa shape index (κ2) is 10.4. The minimum Gasteiger partial charge on any atom is -0.497 e. The van der Waals surface area contributed by atoms with Crippen LogP contribution in [-0.4, -0.2) is 24.7 Å². The van der Waals surface area contributed by atoms with Crippen LogP contribution in [0.2, 0.25) is 10.0 Å². The third kappa shape index (κ3) is 5.92. The number of amides is 2. The molecule has 30 heavy (non-hydrogen) atoms. The van der Waals surface area contributed by atoms with Crippen molar-refractivity contribution in [1.29, 1.82) is 0 Å². The smallest absolute Gasteiger partial charge is 0.256 e. The summed E-state index contributed by atoms with van der Waals surface area (Å²) in [4.78, 5) is 25.8. The number of nitrogens with one attached hydrogen (secondary N) is 2. The first-order valence-corrected chi connectivity index (χ1v) is 10.6. The zero-order valence-corrected chi connectivity index (χ0v) is 18.3. The van der Waals surface area contributed by atoms with Crippen LogP contribution in [0.15, 0.2) is 71.6 Å². The minimum absolute atomic E-state index is 0.142. The predicted molar refractivity (Wildman–Crippen MR) is 123 cm³/mol. The molecule has 3 rings (SSSR count). The molecular formula is C22H18Cl2N2O3S. The third-order valence-electron chi connectivity index (χ3n) is 4.02. The highest BCUT2D eigenvalue weighted by atomic mass is 35.5. The van der Waals surface area contributed by atoms with E-state index in [0.29, 0.717) is 37.6 Å². The summed E-state index contributed by atoms with van der Waals surface area (Å²) in [6.07, 6.45) is 0. The average molecular weight is 461 g/mol. The van der Waals surface area contributed by atoms with Crippen molar-refractivity contribution in [3.63, 3.8) is 0 Å². The first-order valence-electron chi connectivity index (χ1n) is 8.88. The van der Waals surface area contributed by atoms with E-state index in [9.17, 15) is 9.59 Å². The van der Waals surface area contributed by atoms with Gasteiger partial charge in [0, 0.05) is 21.7 Å². The summed E-state index contributed by atoms with van der Waals surface area (Å²) in [5.74, 6) is 0.284. The summed E-state index contributed by atoms with van der Waals surface area (Å²) in [5.41, 5.74) is 1.55. The summed E-state index contributed by atoms with van der Waals surface area (Å²) < 4.78 is 5.15. The molecule has 0 spiro atoms. The second-order valence-corrected chi connectivity index (χ2v) is 8.00. The van der Waals surface area contributed by atoms with Crippen LogP contribution in [0.5, 0.6) is 5.75 Å². The van der Waals surface area contributed by atoms with Gasteiger partial charge in [0.2, 0.25) is 5.91 Å². The van der Waals surface area contributed by atoms with Crippen molar-refractivity contribution in [3.8, 4) is 5.75 Å². The van der Waals surface area contributed by atoms with Crippen LogP contribution in [0.1, 0.15) is 10.4 Å². The Labute approximate surface area is 188 Å². The number of carbonyl (C=O) groups excluding carboxylic acids is 2. The third-order valence-corrected chi connectivity index (χ3v) is 5.64. The number of carbonyl (C=O) groups is 2. The summed E-state index contributed by atoms with van der Waals surface area (Å²) in [7, 11) is 1.57. The van der Waals surface area contributed by atoms with Gasteiger partial charge in [0.15, 0.2) is 0 Å². The van der Waals surface area contributed by atoms with Gasteiger partial charge in [-0.25, -0.2) is 0 Å². The molecule has 0 unspecified atom stereocenters. The number of thioether (sulfide) groups is 1. The van der Waals surface area contributed by atoms with Crippen LogP contribution in [-0.2, 0) is 4.79 Å². The SMILES string of the molecule is COc1cccc(NC(=O)CSc2ccccc2C(=O)Nc2ccc(Cl)cc2Cl)c1. The van der Waals surface area contributed by atoms with Crippen LogP contribution in [0.4, 0.5) is 11.4 Å². The topological polar surface area (TPSA) is 67.4 Å². The van der Waals surface area contributed by atoms with E-state index in [1.165, 1.54) is 11.8 Å². The van der Waals surface area contributed by atoms with Crippen molar-refractivity contribution in [2.75, 3.05) is 23.5 Å². The molecule has 3 aromatic carbocycles. The van der Waals surface area contributed by atoms with E-state index in [4.69, 9.17) is 27.9 Å². The summed E-state index contributed by atoms with van der Waals surface area (Å²) in [5, 5.41) is 6.42. The van der Waals surface area contributed by atoms with Gasteiger partial charge in [-0.1, -0.05) is 41.4 Å². The van der Waals surface area contributed by atoms with Crippen LogP contribution >= 0.6 is 35.0 Å². The zero-order valence-electron chi connectivity index (χ0n) is 15.9. The van der Waals surface area contributed by atoms with Crippen LogP contribution in [0, 0.1) is 0 Å². The van der Waals surface area contributed by atoms with Crippen molar-refractivity contribution in [2.24, 2.45) is 0 Å². The fourth-order valence-corrected chi connectivity index (χ4v) is 3.91. The number of methoxy groups -OCH3 is 1. The molecule has 8 heteroatoms. The molecule has 0 fully saturated rings. The molecule has 3 aromatic rings. The molecule has 0 aromatic heterocycles. The molecule has 0 saturated heterocycles. The second-order valence-electron chi connectivity index (χ2n) is 6.14. The molecule has 2 amide bonds. The number of ether oxygens (including phenoxy) is 1. The number of hydrogen-bond acceptors (Lipinski definition) is 4. The normalized spacial score (nSPS) is 10.4. The lowest BCUT2D eigenvalue weighted by Crippen LogP contribution is -2.16. The molecule has 0 aliphatic heterocycles. The van der Waals surface area contributed by atoms with Gasteiger partial charge in [0.25, 0.3) is 5.91 Å². The maximum atomic E-state index is 12.7. The van der Waals surface area contributed by atoms with Crippen molar-refractivity contribution in [3.05, 3.63) is 82.3 Å². The number of halogens is 2. The van der Waals surface area contributed by atoms with Gasteiger partial charge in [-0.3, -0.25) is 9.59 Å². The Bertz CT molecular complexity index is 1080. The number of anilines is 2. The molecular weight excluding hydrogens is 443 g/mol. The Morgan fingerprint density at radius 2 is 1.77 bits per heavy atom. The maximum absolute atomic E-state index is 12.7. The molecule has 0 aliphatic carbocycles. The van der Waals surface area contributed by atoms with E-state index in [-0.39, 0.29) is 17.6 Å². The van der Waals surface area contributed by atoms with Gasteiger partial charge in [-0.2, -0.15) is 0 Å². The molecule has 2 N–H and O–H groups in total. The largest absolute Gasteiger partial charge is 0.497 e. The molecule has 0 aliphatic rings. The zero-order chi connectivity index (χ0) is 21.5. The summed E-state index contributed by atoms with van der Waals surface area (Å²) >= 11 is 13.3. The highest BCUT2D eigenvalue weighted by Gasteiger charge is 2.14. The molecule has 5 nitrogen and oxygen atoms in total. The highest BCUT2D eigenvalue weighted by Crippen LogP contribution is 2.28. The van der Waals surface area contributed by atoms with Crippen molar-refractivity contribution in [2.45, 2.75) is 4.90 Å². The van der Waals surface area contributed by atoms with Gasteiger partial charge in [0.1, 0.15) is 5.75 Å². The Morgan fingerprint density at radius 3 is 2.53 bits per heavy atom. The van der Waals surface area contributed by atoms with Crippen LogP contribution in [0.25, 0.3) is 0 Å². The molecule has 0 atom stereocenters. The maximum Gasteiger partial charge on any atom is 0.256 e. The van der Waals surface area contributed by atoms with Gasteiger partial charge in [-0.15, -0.1) is 11.8 Å². The monoisotopic (exact) mass is 460 g/mol. The van der Waals surface area contributed by atoms with Gasteiger partial charge >= 0.3 is 0 Å². The number of rotatable bonds is 7. The first-order chi connectivity index (χ1) is 14.5. The Kier molecular flexibility index (Phi) is 7.63. The van der Waals surface area contributed by atoms with Crippen LogP contribution in [0.3, 0.4) is 0 Å². The standard InChI is InChI=1S/C22H18Cl2N2O3S/c1-29-16-6-4-5-15(12-16)25-21(27)13-30-20-8-3-2-7-17(20)22(28)26-19-10-9-14(23)11-18(19)24/h2-12H,13H2,1H3,(H,25,27)(H,26,28). The van der Waals surface area contributed by atoms with E-state index < -0.39 is 0 Å². The Balaban J connectivity index is 1.65. The van der Waals surface area contributed by atoms with E-state index >= 15 is 0 Å². The molecule has 0 saturated carbocycles. The first kappa shape index (κ1) is 22.0. The highest BCUT2D eigenvalue weighted by molar-refractivity contribution is 8.00. The molecule has 0 heterocycles. The Hall–Kier alpha value is -2.67. The van der Waals surface area contributed by atoms with E-state index in [2.05, 4.69) is 10.6 Å². The van der Waals surface area contributed by atoms with Crippen molar-refractivity contribution < 1.29 is 14.3 Å².